The number of rotatable bonds is 6. The third-order valence-electron chi connectivity index (χ3n) is 4.88. The van der Waals surface area contributed by atoms with E-state index in [1.165, 1.54) is 29.5 Å². The van der Waals surface area contributed by atoms with Crippen LogP contribution in [0.3, 0.4) is 0 Å². The zero-order valence-corrected chi connectivity index (χ0v) is 16.4. The Morgan fingerprint density at radius 2 is 1.97 bits per heavy atom. The molecule has 1 atom stereocenters. The van der Waals surface area contributed by atoms with E-state index in [-0.39, 0.29) is 17.9 Å². The Morgan fingerprint density at radius 1 is 1.16 bits per heavy atom. The maximum Gasteiger partial charge on any atom is 0.274 e. The lowest BCUT2D eigenvalue weighted by Crippen LogP contribution is -2.39. The Kier molecular flexibility index (Phi) is 5.65. The maximum atomic E-state index is 14.1. The van der Waals surface area contributed by atoms with Gasteiger partial charge in [-0.05, 0) is 5.56 Å². The Labute approximate surface area is 176 Å². The summed E-state index contributed by atoms with van der Waals surface area (Å²) in [5.74, 6) is -4.09. The van der Waals surface area contributed by atoms with E-state index in [2.05, 4.69) is 25.6 Å². The molecule has 0 radical (unpaired) electrons. The van der Waals surface area contributed by atoms with Crippen molar-refractivity contribution in [3.63, 3.8) is 0 Å². The van der Waals surface area contributed by atoms with Gasteiger partial charge < -0.3 is 10.2 Å². The average Bonchev–Trinajstić information content (AvgIpc) is 3.36. The van der Waals surface area contributed by atoms with Crippen LogP contribution in [0.1, 0.15) is 33.0 Å². The predicted octanol–water partition coefficient (Wildman–Crippen LogP) is 1.55. The summed E-state index contributed by atoms with van der Waals surface area (Å²) in [6.07, 6.45) is 4.82. The summed E-state index contributed by atoms with van der Waals surface area (Å²) in [5, 5.41) is 10.4. The van der Waals surface area contributed by atoms with Crippen molar-refractivity contribution in [3.05, 3.63) is 72.1 Å². The normalized spacial score (nSPS) is 17.5. The third-order valence-corrected chi connectivity index (χ3v) is 4.88. The van der Waals surface area contributed by atoms with Gasteiger partial charge >= 0.3 is 0 Å². The van der Waals surface area contributed by atoms with Crippen LogP contribution < -0.4 is 5.32 Å². The Morgan fingerprint density at radius 3 is 2.71 bits per heavy atom. The zero-order valence-electron chi connectivity index (χ0n) is 16.4. The van der Waals surface area contributed by atoms with Gasteiger partial charge in [-0.1, -0.05) is 35.5 Å². The first-order valence-electron chi connectivity index (χ1n) is 9.58. The number of carbonyl (C=O) groups excluding carboxylic acids is 2. The molecule has 9 nitrogen and oxygen atoms in total. The number of benzene rings is 1. The van der Waals surface area contributed by atoms with E-state index < -0.39 is 36.7 Å². The maximum absolute atomic E-state index is 14.1. The van der Waals surface area contributed by atoms with E-state index in [4.69, 9.17) is 0 Å². The highest BCUT2D eigenvalue weighted by molar-refractivity contribution is 5.92. The minimum atomic E-state index is -3.03. The molecule has 0 aliphatic carbocycles. The summed E-state index contributed by atoms with van der Waals surface area (Å²) in [5.41, 5.74) is 0.979. The number of aromatic nitrogens is 5. The molecule has 1 saturated heterocycles. The van der Waals surface area contributed by atoms with Crippen LogP contribution in [0.25, 0.3) is 0 Å². The number of hydrogen-bond acceptors (Lipinski definition) is 6. The van der Waals surface area contributed by atoms with Gasteiger partial charge in [-0.15, -0.1) is 5.10 Å². The highest BCUT2D eigenvalue weighted by Crippen LogP contribution is 2.33. The molecule has 1 N–H and O–H groups in total. The van der Waals surface area contributed by atoms with Crippen LogP contribution in [0.4, 0.5) is 8.78 Å². The average molecular weight is 427 g/mol. The number of nitrogens with one attached hydrogen (secondary N) is 1. The molecule has 3 heterocycles. The molecule has 160 valence electrons. The molecule has 2 amide bonds. The number of halogens is 2. The molecule has 2 aromatic heterocycles. The van der Waals surface area contributed by atoms with E-state index >= 15 is 0 Å². The first kappa shape index (κ1) is 20.5. The van der Waals surface area contributed by atoms with E-state index in [0.717, 1.165) is 10.5 Å². The van der Waals surface area contributed by atoms with E-state index in [1.54, 1.807) is 0 Å². The highest BCUT2D eigenvalue weighted by atomic mass is 19.3. The summed E-state index contributed by atoms with van der Waals surface area (Å²) in [6, 6.07) is 8.53. The lowest BCUT2D eigenvalue weighted by atomic mass is 10.2. The van der Waals surface area contributed by atoms with Gasteiger partial charge in [-0.25, -0.2) is 18.4 Å². The number of hydrogen-bond donors (Lipinski definition) is 1. The predicted molar refractivity (Wildman–Crippen MR) is 104 cm³/mol. The van der Waals surface area contributed by atoms with Gasteiger partial charge in [0.2, 0.25) is 0 Å². The fraction of sp³-hybridized carbons (Fsp3) is 0.300. The van der Waals surface area contributed by atoms with Gasteiger partial charge in [0.1, 0.15) is 5.69 Å². The Hall–Kier alpha value is -3.76. The van der Waals surface area contributed by atoms with E-state index in [9.17, 15) is 18.4 Å². The minimum absolute atomic E-state index is 0.00947. The molecule has 1 aliphatic rings. The Balaban J connectivity index is 1.42. The molecular weight excluding hydrogens is 408 g/mol. The second-order valence-corrected chi connectivity index (χ2v) is 7.23. The lowest BCUT2D eigenvalue weighted by Gasteiger charge is -2.23. The lowest BCUT2D eigenvalue weighted by molar-refractivity contribution is 0.0116. The fourth-order valence-corrected chi connectivity index (χ4v) is 3.43. The van der Waals surface area contributed by atoms with Crippen molar-refractivity contribution >= 4 is 11.8 Å². The minimum Gasteiger partial charge on any atom is -0.347 e. The second-order valence-electron chi connectivity index (χ2n) is 7.23. The van der Waals surface area contributed by atoms with Crippen molar-refractivity contribution in [2.24, 2.45) is 0 Å². The van der Waals surface area contributed by atoms with Crippen molar-refractivity contribution in [1.82, 2.24) is 35.2 Å². The van der Waals surface area contributed by atoms with Gasteiger partial charge in [0.05, 0.1) is 31.5 Å². The van der Waals surface area contributed by atoms with Crippen molar-refractivity contribution in [2.45, 2.75) is 31.5 Å². The third kappa shape index (κ3) is 4.87. The summed E-state index contributed by atoms with van der Waals surface area (Å²) < 4.78 is 29.5. The fourth-order valence-electron chi connectivity index (χ4n) is 3.43. The molecule has 1 aromatic carbocycles. The largest absolute Gasteiger partial charge is 0.347 e. The SMILES string of the molecule is O=C(NCc1ccccc1)c1cn(C[C@@H]2CC(F)(F)CN2C(=O)c2cnccn2)nn1. The highest BCUT2D eigenvalue weighted by Gasteiger charge is 2.47. The van der Waals surface area contributed by atoms with Gasteiger partial charge in [-0.3, -0.25) is 14.6 Å². The topological polar surface area (TPSA) is 106 Å². The summed E-state index contributed by atoms with van der Waals surface area (Å²) in [4.78, 5) is 33.7. The van der Waals surface area contributed by atoms with Crippen LogP contribution in [0.5, 0.6) is 0 Å². The van der Waals surface area contributed by atoms with Crippen LogP contribution in [-0.4, -0.2) is 60.2 Å². The summed E-state index contributed by atoms with van der Waals surface area (Å²) in [7, 11) is 0. The molecule has 1 fully saturated rings. The van der Waals surface area contributed by atoms with E-state index in [0.29, 0.717) is 6.54 Å². The number of nitrogens with zero attached hydrogens (tertiary/aromatic N) is 6. The molecule has 0 unspecified atom stereocenters. The van der Waals surface area contributed by atoms with E-state index in [1.807, 2.05) is 30.3 Å². The van der Waals surface area contributed by atoms with Crippen molar-refractivity contribution in [1.29, 1.82) is 0 Å². The van der Waals surface area contributed by atoms with Crippen molar-refractivity contribution in [3.8, 4) is 0 Å². The molecule has 0 saturated carbocycles. The van der Waals surface area contributed by atoms with Crippen LogP contribution in [0, 0.1) is 0 Å². The summed E-state index contributed by atoms with van der Waals surface area (Å²) in [6.45, 7) is -0.422. The first-order valence-corrected chi connectivity index (χ1v) is 9.58. The zero-order chi connectivity index (χ0) is 21.8. The molecule has 3 aromatic rings. The van der Waals surface area contributed by atoms with Crippen LogP contribution >= 0.6 is 0 Å². The van der Waals surface area contributed by atoms with Gasteiger partial charge in [0.15, 0.2) is 5.69 Å². The second kappa shape index (κ2) is 8.54. The molecular formula is C20H19F2N7O2. The molecule has 11 heteroatoms. The quantitative estimate of drug-likeness (QED) is 0.640. The number of amides is 2. The van der Waals surface area contributed by atoms with Crippen LogP contribution in [0.15, 0.2) is 55.1 Å². The number of likely N-dealkylation sites (tertiary alicyclic amines) is 1. The smallest absolute Gasteiger partial charge is 0.274 e. The Bertz CT molecular complexity index is 1060. The number of alkyl halides is 2. The molecule has 31 heavy (non-hydrogen) atoms. The standard InChI is InChI=1S/C20H19F2N7O2/c21-20(22)8-15(29(13-20)19(31)16-10-23-6-7-24-16)11-28-12-17(26-27-28)18(30)25-9-14-4-2-1-3-5-14/h1-7,10,12,15H,8-9,11,13H2,(H,25,30)/t15-/m0/s1. The van der Waals surface area contributed by atoms with Crippen LogP contribution in [-0.2, 0) is 13.1 Å². The monoisotopic (exact) mass is 427 g/mol. The van der Waals surface area contributed by atoms with Gasteiger partial charge in [0.25, 0.3) is 17.7 Å². The first-order chi connectivity index (χ1) is 14.9. The van der Waals surface area contributed by atoms with Crippen molar-refractivity contribution < 1.29 is 18.4 Å². The van der Waals surface area contributed by atoms with Crippen LogP contribution in [0.2, 0.25) is 0 Å². The van der Waals surface area contributed by atoms with Crippen molar-refractivity contribution in [2.75, 3.05) is 6.54 Å². The molecule has 4 rings (SSSR count). The molecule has 0 bridgehead atoms. The van der Waals surface area contributed by atoms with Gasteiger partial charge in [0, 0.05) is 25.4 Å². The molecule has 0 spiro atoms. The van der Waals surface area contributed by atoms with Gasteiger partial charge in [-0.2, -0.15) is 0 Å². The summed E-state index contributed by atoms with van der Waals surface area (Å²) >= 11 is 0. The number of carbonyl (C=O) groups is 2. The molecule has 1 aliphatic heterocycles.